The summed E-state index contributed by atoms with van der Waals surface area (Å²) in [6, 6.07) is 7.95. The van der Waals surface area contributed by atoms with Crippen molar-refractivity contribution in [2.75, 3.05) is 38.2 Å². The minimum absolute atomic E-state index is 0.131. The molecule has 1 heterocycles. The van der Waals surface area contributed by atoms with Crippen LogP contribution < -0.4 is 15.4 Å². The predicted molar refractivity (Wildman–Crippen MR) is 80.1 cm³/mol. The third kappa shape index (κ3) is 3.22. The molecule has 1 unspecified atom stereocenters. The van der Waals surface area contributed by atoms with Gasteiger partial charge in [0.1, 0.15) is 5.75 Å². The van der Waals surface area contributed by atoms with Gasteiger partial charge >= 0.3 is 0 Å². The molecule has 0 spiro atoms. The van der Waals surface area contributed by atoms with Crippen LogP contribution in [0.1, 0.15) is 13.3 Å². The second kappa shape index (κ2) is 6.61. The number of piperazine rings is 1. The zero-order valence-electron chi connectivity index (χ0n) is 12.2. The second-order valence-corrected chi connectivity index (χ2v) is 5.05. The van der Waals surface area contributed by atoms with Gasteiger partial charge in [0.05, 0.1) is 13.2 Å². The maximum absolute atomic E-state index is 11.4. The van der Waals surface area contributed by atoms with Gasteiger partial charge in [-0.15, -0.1) is 0 Å². The van der Waals surface area contributed by atoms with E-state index in [1.807, 2.05) is 19.1 Å². The highest BCUT2D eigenvalue weighted by Gasteiger charge is 2.26. The molecule has 5 nitrogen and oxygen atoms in total. The lowest BCUT2D eigenvalue weighted by Crippen LogP contribution is -2.54. The third-order valence-electron chi connectivity index (χ3n) is 3.91. The Morgan fingerprint density at radius 1 is 1.25 bits per heavy atom. The van der Waals surface area contributed by atoms with E-state index < -0.39 is 0 Å². The van der Waals surface area contributed by atoms with Crippen LogP contribution in [-0.4, -0.2) is 50.1 Å². The van der Waals surface area contributed by atoms with Crippen LogP contribution in [0.15, 0.2) is 24.3 Å². The Morgan fingerprint density at radius 2 is 1.85 bits per heavy atom. The molecule has 0 radical (unpaired) electrons. The summed E-state index contributed by atoms with van der Waals surface area (Å²) < 4.78 is 5.17. The van der Waals surface area contributed by atoms with Gasteiger partial charge < -0.3 is 15.4 Å². The van der Waals surface area contributed by atoms with Gasteiger partial charge in [-0.2, -0.15) is 0 Å². The predicted octanol–water partition coefficient (Wildman–Crippen LogP) is 1.08. The second-order valence-electron chi connectivity index (χ2n) is 5.05. The number of carbonyl (C=O) groups is 1. The maximum atomic E-state index is 11.4. The normalized spacial score (nSPS) is 17.8. The number of ether oxygens (including phenoxy) is 1. The Labute approximate surface area is 120 Å². The molecule has 1 aliphatic rings. The molecule has 110 valence electrons. The summed E-state index contributed by atoms with van der Waals surface area (Å²) in [6.45, 7) is 5.57. The number of benzene rings is 1. The number of hydrogen-bond donors (Lipinski definition) is 1. The van der Waals surface area contributed by atoms with E-state index in [0.717, 1.165) is 38.3 Å². The Kier molecular flexibility index (Phi) is 4.84. The summed E-state index contributed by atoms with van der Waals surface area (Å²) in [5, 5.41) is 0. The molecule has 1 amide bonds. The van der Waals surface area contributed by atoms with E-state index in [1.54, 1.807) is 7.11 Å². The van der Waals surface area contributed by atoms with Crippen LogP contribution in [0.2, 0.25) is 0 Å². The van der Waals surface area contributed by atoms with E-state index >= 15 is 0 Å². The van der Waals surface area contributed by atoms with Crippen LogP contribution in [0.5, 0.6) is 5.75 Å². The molecule has 20 heavy (non-hydrogen) atoms. The molecule has 0 aromatic heterocycles. The molecule has 1 saturated heterocycles. The van der Waals surface area contributed by atoms with E-state index in [4.69, 9.17) is 10.5 Å². The van der Waals surface area contributed by atoms with Crippen molar-refractivity contribution in [2.24, 2.45) is 5.73 Å². The first-order chi connectivity index (χ1) is 9.65. The van der Waals surface area contributed by atoms with Gasteiger partial charge in [0, 0.05) is 31.9 Å². The molecular formula is C15H23N3O2. The van der Waals surface area contributed by atoms with Crippen molar-refractivity contribution in [3.8, 4) is 5.75 Å². The van der Waals surface area contributed by atoms with Gasteiger partial charge in [0.15, 0.2) is 0 Å². The molecule has 1 aromatic rings. The van der Waals surface area contributed by atoms with Crippen LogP contribution in [0, 0.1) is 0 Å². The molecule has 1 aromatic carbocycles. The number of amides is 1. The van der Waals surface area contributed by atoms with Gasteiger partial charge in [-0.05, 0) is 30.7 Å². The van der Waals surface area contributed by atoms with Gasteiger partial charge in [-0.1, -0.05) is 6.92 Å². The van der Waals surface area contributed by atoms with Crippen molar-refractivity contribution in [1.29, 1.82) is 0 Å². The van der Waals surface area contributed by atoms with Crippen molar-refractivity contribution in [3.05, 3.63) is 24.3 Å². The largest absolute Gasteiger partial charge is 0.497 e. The average Bonchev–Trinajstić information content (AvgIpc) is 2.48. The molecule has 1 fully saturated rings. The fourth-order valence-corrected chi connectivity index (χ4v) is 2.72. The molecule has 1 atom stereocenters. The highest BCUT2D eigenvalue weighted by molar-refractivity contribution is 5.79. The average molecular weight is 277 g/mol. The topological polar surface area (TPSA) is 58.8 Å². The number of hydrogen-bond acceptors (Lipinski definition) is 4. The molecular weight excluding hydrogens is 254 g/mol. The van der Waals surface area contributed by atoms with E-state index in [1.165, 1.54) is 5.69 Å². The van der Waals surface area contributed by atoms with Crippen molar-refractivity contribution in [3.63, 3.8) is 0 Å². The van der Waals surface area contributed by atoms with Crippen LogP contribution in [0.4, 0.5) is 5.69 Å². The monoisotopic (exact) mass is 277 g/mol. The quantitative estimate of drug-likeness (QED) is 0.875. The van der Waals surface area contributed by atoms with Gasteiger partial charge in [-0.25, -0.2) is 0 Å². The number of carbonyl (C=O) groups excluding carboxylic acids is 1. The van der Waals surface area contributed by atoms with E-state index in [2.05, 4.69) is 21.9 Å². The van der Waals surface area contributed by atoms with Crippen LogP contribution in [0.25, 0.3) is 0 Å². The Morgan fingerprint density at radius 3 is 2.30 bits per heavy atom. The number of anilines is 1. The Balaban J connectivity index is 1.94. The summed E-state index contributed by atoms with van der Waals surface area (Å²) in [7, 11) is 1.67. The zero-order chi connectivity index (χ0) is 14.5. The molecule has 2 N–H and O–H groups in total. The Hall–Kier alpha value is -1.75. The van der Waals surface area contributed by atoms with E-state index in [0.29, 0.717) is 0 Å². The first-order valence-electron chi connectivity index (χ1n) is 7.08. The first-order valence-corrected chi connectivity index (χ1v) is 7.08. The lowest BCUT2D eigenvalue weighted by atomic mass is 10.1. The van der Waals surface area contributed by atoms with E-state index in [9.17, 15) is 4.79 Å². The number of nitrogens with zero attached hydrogens (tertiary/aromatic N) is 2. The zero-order valence-corrected chi connectivity index (χ0v) is 12.2. The summed E-state index contributed by atoms with van der Waals surface area (Å²) >= 11 is 0. The number of nitrogens with two attached hydrogens (primary N) is 1. The van der Waals surface area contributed by atoms with Crippen LogP contribution in [-0.2, 0) is 4.79 Å². The lowest BCUT2D eigenvalue weighted by molar-refractivity contribution is -0.123. The molecule has 0 bridgehead atoms. The highest BCUT2D eigenvalue weighted by atomic mass is 16.5. The molecule has 0 aliphatic carbocycles. The smallest absolute Gasteiger partial charge is 0.234 e. The summed E-state index contributed by atoms with van der Waals surface area (Å²) in [6.07, 6.45) is 0.776. The lowest BCUT2D eigenvalue weighted by Gasteiger charge is -2.39. The van der Waals surface area contributed by atoms with Crippen molar-refractivity contribution < 1.29 is 9.53 Å². The fourth-order valence-electron chi connectivity index (χ4n) is 2.72. The first kappa shape index (κ1) is 14.7. The Bertz CT molecular complexity index is 439. The van der Waals surface area contributed by atoms with Crippen LogP contribution in [0.3, 0.4) is 0 Å². The number of rotatable bonds is 5. The van der Waals surface area contributed by atoms with Gasteiger partial charge in [0.2, 0.25) is 5.91 Å². The fraction of sp³-hybridized carbons (Fsp3) is 0.533. The van der Waals surface area contributed by atoms with E-state index in [-0.39, 0.29) is 11.9 Å². The molecule has 5 heteroatoms. The maximum Gasteiger partial charge on any atom is 0.234 e. The minimum Gasteiger partial charge on any atom is -0.497 e. The van der Waals surface area contributed by atoms with Crippen molar-refractivity contribution in [2.45, 2.75) is 19.4 Å². The van der Waals surface area contributed by atoms with Gasteiger partial charge in [0.25, 0.3) is 0 Å². The molecule has 2 rings (SSSR count). The summed E-state index contributed by atoms with van der Waals surface area (Å²) in [5.74, 6) is 0.651. The summed E-state index contributed by atoms with van der Waals surface area (Å²) in [4.78, 5) is 15.9. The molecule has 1 aliphatic heterocycles. The SMILES string of the molecule is CCC(C(N)=O)N1CCN(c2ccc(OC)cc2)CC1. The standard InChI is InChI=1S/C15H23N3O2/c1-3-14(15(16)19)18-10-8-17(9-11-18)12-4-6-13(20-2)7-5-12/h4-7,14H,3,8-11H2,1-2H3,(H2,16,19). The molecule has 0 saturated carbocycles. The van der Waals surface area contributed by atoms with Crippen LogP contribution >= 0.6 is 0 Å². The number of primary amides is 1. The summed E-state index contributed by atoms with van der Waals surface area (Å²) in [5.41, 5.74) is 6.64. The minimum atomic E-state index is -0.217. The number of methoxy groups -OCH3 is 1. The highest BCUT2D eigenvalue weighted by Crippen LogP contribution is 2.21. The van der Waals surface area contributed by atoms with Gasteiger partial charge in [-0.3, -0.25) is 9.69 Å². The van der Waals surface area contributed by atoms with Crippen molar-refractivity contribution in [1.82, 2.24) is 4.90 Å². The van der Waals surface area contributed by atoms with Crippen molar-refractivity contribution >= 4 is 11.6 Å². The third-order valence-corrected chi connectivity index (χ3v) is 3.91.